The highest BCUT2D eigenvalue weighted by Crippen LogP contribution is 2.36. The summed E-state index contributed by atoms with van der Waals surface area (Å²) >= 11 is 0. The number of benzene rings is 3. The molecule has 0 bridgehead atoms. The predicted molar refractivity (Wildman–Crippen MR) is 133 cm³/mol. The van der Waals surface area contributed by atoms with Crippen molar-refractivity contribution in [1.82, 2.24) is 0 Å². The predicted octanol–water partition coefficient (Wildman–Crippen LogP) is 6.09. The van der Waals surface area contributed by atoms with Gasteiger partial charge in [-0.2, -0.15) is 0 Å². The van der Waals surface area contributed by atoms with Gasteiger partial charge >= 0.3 is 0 Å². The minimum Gasteiger partial charge on any atom is -0.400 e. The van der Waals surface area contributed by atoms with Gasteiger partial charge in [-0.3, -0.25) is 0 Å². The second-order valence-corrected chi connectivity index (χ2v) is 12.8. The summed E-state index contributed by atoms with van der Waals surface area (Å²) < 4.78 is 0. The molecule has 0 radical (unpaired) electrons. The summed E-state index contributed by atoms with van der Waals surface area (Å²) in [6.45, 7) is 7.01. The lowest BCUT2D eigenvalue weighted by molar-refractivity contribution is 0.413. The number of allylic oxidation sites excluding steroid dienone is 4. The first-order valence-corrected chi connectivity index (χ1v) is 12.8. The van der Waals surface area contributed by atoms with E-state index in [0.29, 0.717) is 0 Å². The Hall–Kier alpha value is -2.84. The van der Waals surface area contributed by atoms with E-state index in [1.807, 2.05) is 0 Å². The average Bonchev–Trinajstić information content (AvgIpc) is 3.21. The fourth-order valence-corrected chi connectivity index (χ4v) is 9.06. The third-order valence-electron chi connectivity index (χ3n) is 5.72. The van der Waals surface area contributed by atoms with Gasteiger partial charge in [-0.25, -0.2) is 0 Å². The SMILES string of the molecule is CC(C)(C)CC1=C([Si](Nc2ccccc2)(c2ccccc2)c2ccccc2)CC=C1. The van der Waals surface area contributed by atoms with Gasteiger partial charge in [-0.1, -0.05) is 112 Å². The molecule has 0 heterocycles. The van der Waals surface area contributed by atoms with Gasteiger partial charge in [0.1, 0.15) is 0 Å². The molecule has 3 aromatic rings. The molecule has 1 nitrogen and oxygen atoms in total. The largest absolute Gasteiger partial charge is 0.400 e. The van der Waals surface area contributed by atoms with E-state index in [9.17, 15) is 0 Å². The highest BCUT2D eigenvalue weighted by atomic mass is 28.3. The van der Waals surface area contributed by atoms with Crippen molar-refractivity contribution in [2.75, 3.05) is 4.98 Å². The Morgan fingerprint density at radius 1 is 0.733 bits per heavy atom. The molecule has 1 N–H and O–H groups in total. The van der Waals surface area contributed by atoms with Gasteiger partial charge in [0.15, 0.2) is 0 Å². The van der Waals surface area contributed by atoms with Crippen LogP contribution >= 0.6 is 0 Å². The van der Waals surface area contributed by atoms with Gasteiger partial charge in [-0.15, -0.1) is 0 Å². The highest BCUT2D eigenvalue weighted by molar-refractivity contribution is 7.09. The Labute approximate surface area is 182 Å². The second-order valence-electron chi connectivity index (χ2n) is 9.32. The lowest BCUT2D eigenvalue weighted by Gasteiger charge is -2.37. The summed E-state index contributed by atoms with van der Waals surface area (Å²) in [6.07, 6.45) is 6.84. The smallest absolute Gasteiger partial charge is 0.247 e. The van der Waals surface area contributed by atoms with E-state index in [-0.39, 0.29) is 5.41 Å². The van der Waals surface area contributed by atoms with Gasteiger partial charge in [0, 0.05) is 5.69 Å². The third-order valence-corrected chi connectivity index (χ3v) is 10.2. The molecule has 0 unspecified atom stereocenters. The third kappa shape index (κ3) is 4.19. The van der Waals surface area contributed by atoms with Crippen LogP contribution in [-0.2, 0) is 0 Å². The zero-order valence-corrected chi connectivity index (χ0v) is 19.2. The summed E-state index contributed by atoms with van der Waals surface area (Å²) in [5.41, 5.74) is 2.94. The number of anilines is 1. The maximum atomic E-state index is 4.12. The number of nitrogens with one attached hydrogen (secondary N) is 1. The summed E-state index contributed by atoms with van der Waals surface area (Å²) in [4.78, 5) is 4.12. The zero-order valence-electron chi connectivity index (χ0n) is 18.2. The molecular weight excluding hydrogens is 378 g/mol. The van der Waals surface area contributed by atoms with Crippen LogP contribution in [0.15, 0.2) is 114 Å². The standard InChI is InChI=1S/C28H31NSi/c1-28(2,3)22-23-14-13-21-27(23)30(25-17-9-5-10-18-25,26-19-11-6-12-20-26)29-24-15-7-4-8-16-24/h4-20,29H,21-22H2,1-3H3. The van der Waals surface area contributed by atoms with Gasteiger partial charge in [-0.05, 0) is 51.5 Å². The van der Waals surface area contributed by atoms with E-state index in [1.54, 1.807) is 5.20 Å². The van der Waals surface area contributed by atoms with E-state index >= 15 is 0 Å². The quantitative estimate of drug-likeness (QED) is 0.486. The first-order chi connectivity index (χ1) is 14.5. The van der Waals surface area contributed by atoms with Crippen molar-refractivity contribution in [3.8, 4) is 0 Å². The lowest BCUT2D eigenvalue weighted by atomic mass is 9.88. The summed E-state index contributed by atoms with van der Waals surface area (Å²) in [7, 11) is -2.45. The topological polar surface area (TPSA) is 12.0 Å². The van der Waals surface area contributed by atoms with E-state index < -0.39 is 8.24 Å². The Bertz CT molecular complexity index is 989. The van der Waals surface area contributed by atoms with Crippen LogP contribution in [0.25, 0.3) is 0 Å². The van der Waals surface area contributed by atoms with Crippen LogP contribution in [0, 0.1) is 5.41 Å². The molecule has 0 saturated carbocycles. The molecular formula is C28H31NSi. The summed E-state index contributed by atoms with van der Waals surface area (Å²) in [5.74, 6) is 0. The summed E-state index contributed by atoms with van der Waals surface area (Å²) in [5, 5.41) is 4.40. The van der Waals surface area contributed by atoms with Crippen LogP contribution < -0.4 is 15.4 Å². The molecule has 0 saturated heterocycles. The van der Waals surface area contributed by atoms with Crippen molar-refractivity contribution in [3.63, 3.8) is 0 Å². The molecule has 0 amide bonds. The van der Waals surface area contributed by atoms with Crippen LogP contribution in [0.1, 0.15) is 33.6 Å². The maximum absolute atomic E-state index is 4.12. The normalized spacial score (nSPS) is 14.2. The first-order valence-electron chi connectivity index (χ1n) is 10.8. The first kappa shape index (κ1) is 20.4. The van der Waals surface area contributed by atoms with Crippen molar-refractivity contribution in [2.24, 2.45) is 5.41 Å². The second kappa shape index (κ2) is 8.49. The number of rotatable bonds is 6. The molecule has 0 fully saturated rings. The van der Waals surface area contributed by atoms with Crippen molar-refractivity contribution in [2.45, 2.75) is 33.6 Å². The zero-order chi connectivity index (χ0) is 21.0. The molecule has 0 spiro atoms. The van der Waals surface area contributed by atoms with Gasteiger partial charge < -0.3 is 4.98 Å². The fraction of sp³-hybridized carbons (Fsp3) is 0.214. The molecule has 0 atom stereocenters. The van der Waals surface area contributed by atoms with E-state index in [4.69, 9.17) is 0 Å². The maximum Gasteiger partial charge on any atom is 0.247 e. The Balaban J connectivity index is 1.99. The molecule has 0 aromatic heterocycles. The summed E-state index contributed by atoms with van der Waals surface area (Å²) in [6, 6.07) is 32.9. The number of para-hydroxylation sites is 1. The molecule has 4 rings (SSSR count). The van der Waals surface area contributed by atoms with Crippen LogP contribution in [0.2, 0.25) is 0 Å². The van der Waals surface area contributed by atoms with E-state index in [0.717, 1.165) is 12.8 Å². The van der Waals surface area contributed by atoms with Crippen molar-refractivity contribution < 1.29 is 0 Å². The Morgan fingerprint density at radius 2 is 1.23 bits per heavy atom. The Morgan fingerprint density at radius 3 is 1.73 bits per heavy atom. The van der Waals surface area contributed by atoms with Crippen molar-refractivity contribution in [1.29, 1.82) is 0 Å². The minimum atomic E-state index is -2.45. The van der Waals surface area contributed by atoms with Crippen LogP contribution in [0.4, 0.5) is 5.69 Å². The molecule has 30 heavy (non-hydrogen) atoms. The monoisotopic (exact) mass is 409 g/mol. The van der Waals surface area contributed by atoms with Crippen LogP contribution in [-0.4, -0.2) is 8.24 Å². The Kier molecular flexibility index (Phi) is 5.78. The van der Waals surface area contributed by atoms with Crippen molar-refractivity contribution in [3.05, 3.63) is 114 Å². The average molecular weight is 410 g/mol. The van der Waals surface area contributed by atoms with E-state index in [1.165, 1.54) is 21.6 Å². The molecule has 2 heteroatoms. The van der Waals surface area contributed by atoms with E-state index in [2.05, 4.69) is 129 Å². The fourth-order valence-electron chi connectivity index (χ4n) is 4.53. The van der Waals surface area contributed by atoms with Crippen LogP contribution in [0.3, 0.4) is 0 Å². The van der Waals surface area contributed by atoms with Gasteiger partial charge in [0.25, 0.3) is 0 Å². The number of hydrogen-bond donors (Lipinski definition) is 1. The van der Waals surface area contributed by atoms with Crippen molar-refractivity contribution >= 4 is 24.3 Å². The molecule has 1 aliphatic rings. The highest BCUT2D eigenvalue weighted by Gasteiger charge is 2.44. The molecule has 3 aromatic carbocycles. The molecule has 152 valence electrons. The van der Waals surface area contributed by atoms with Gasteiger partial charge in [0.05, 0.1) is 0 Å². The lowest BCUT2D eigenvalue weighted by Crippen LogP contribution is -2.66. The number of hydrogen-bond acceptors (Lipinski definition) is 1. The van der Waals surface area contributed by atoms with Gasteiger partial charge in [0.2, 0.25) is 8.24 Å². The minimum absolute atomic E-state index is 0.246. The molecule has 0 aliphatic heterocycles. The molecule has 1 aliphatic carbocycles. The van der Waals surface area contributed by atoms with Crippen LogP contribution in [0.5, 0.6) is 0 Å².